The van der Waals surface area contributed by atoms with Gasteiger partial charge in [0.1, 0.15) is 11.6 Å². The smallest absolute Gasteiger partial charge is 0.257 e. The molecule has 0 fully saturated rings. The number of nitrogens with one attached hydrogen (secondary N) is 1. The highest BCUT2D eigenvalue weighted by Crippen LogP contribution is 2.12. The number of hydrogen-bond donors (Lipinski definition) is 1. The third-order valence-corrected chi connectivity index (χ3v) is 3.58. The van der Waals surface area contributed by atoms with Gasteiger partial charge in [0.05, 0.1) is 0 Å². The van der Waals surface area contributed by atoms with Crippen molar-refractivity contribution in [1.82, 2.24) is 5.32 Å². The molecule has 122 valence electrons. The lowest BCUT2D eigenvalue weighted by Gasteiger charge is -2.08. The maximum atomic E-state index is 12.8. The number of halogens is 1. The molecule has 0 aliphatic carbocycles. The van der Waals surface area contributed by atoms with Gasteiger partial charge in [0.25, 0.3) is 5.91 Å². The van der Waals surface area contributed by atoms with Gasteiger partial charge in [-0.05, 0) is 54.7 Å². The average Bonchev–Trinajstić information content (AvgIpc) is 2.59. The second kappa shape index (κ2) is 8.93. The first-order valence-corrected chi connectivity index (χ1v) is 7.90. The average molecular weight is 315 g/mol. The Balaban J connectivity index is 1.62. The zero-order valence-electron chi connectivity index (χ0n) is 13.3. The van der Waals surface area contributed by atoms with Gasteiger partial charge in [0, 0.05) is 6.54 Å². The highest BCUT2D eigenvalue weighted by Gasteiger charge is 2.02. The van der Waals surface area contributed by atoms with Crippen LogP contribution >= 0.6 is 0 Å². The molecular formula is C19H22FNO2. The summed E-state index contributed by atoms with van der Waals surface area (Å²) >= 11 is 0. The van der Waals surface area contributed by atoms with Gasteiger partial charge < -0.3 is 10.1 Å². The lowest BCUT2D eigenvalue weighted by molar-refractivity contribution is -0.123. The van der Waals surface area contributed by atoms with Crippen LogP contribution in [0.2, 0.25) is 0 Å². The van der Waals surface area contributed by atoms with E-state index in [1.807, 2.05) is 24.3 Å². The summed E-state index contributed by atoms with van der Waals surface area (Å²) in [5, 5.41) is 2.82. The molecule has 1 N–H and O–H groups in total. The predicted molar refractivity (Wildman–Crippen MR) is 89.0 cm³/mol. The summed E-state index contributed by atoms with van der Waals surface area (Å²) in [7, 11) is 0. The van der Waals surface area contributed by atoms with E-state index in [2.05, 4.69) is 12.2 Å². The van der Waals surface area contributed by atoms with Crippen molar-refractivity contribution in [2.24, 2.45) is 0 Å². The largest absolute Gasteiger partial charge is 0.484 e. The molecule has 0 spiro atoms. The summed E-state index contributed by atoms with van der Waals surface area (Å²) in [6.07, 6.45) is 2.59. The number of amides is 1. The van der Waals surface area contributed by atoms with E-state index in [0.717, 1.165) is 24.8 Å². The van der Waals surface area contributed by atoms with Gasteiger partial charge in [-0.2, -0.15) is 0 Å². The lowest BCUT2D eigenvalue weighted by Crippen LogP contribution is -2.29. The molecule has 0 aromatic heterocycles. The van der Waals surface area contributed by atoms with Gasteiger partial charge in [-0.15, -0.1) is 0 Å². The van der Waals surface area contributed by atoms with E-state index in [1.165, 1.54) is 17.7 Å². The van der Waals surface area contributed by atoms with E-state index in [1.54, 1.807) is 12.1 Å². The predicted octanol–water partition coefficient (Wildman–Crippen LogP) is 3.52. The van der Waals surface area contributed by atoms with Crippen molar-refractivity contribution in [1.29, 1.82) is 0 Å². The van der Waals surface area contributed by atoms with Crippen molar-refractivity contribution < 1.29 is 13.9 Å². The summed E-state index contributed by atoms with van der Waals surface area (Å²) in [5.74, 6) is 0.332. The Hall–Kier alpha value is -2.36. The van der Waals surface area contributed by atoms with Crippen LogP contribution in [0.1, 0.15) is 24.5 Å². The molecule has 0 heterocycles. The molecule has 0 aliphatic rings. The molecule has 1 amide bonds. The van der Waals surface area contributed by atoms with Crippen LogP contribution in [-0.4, -0.2) is 19.1 Å². The Labute approximate surface area is 136 Å². The fraction of sp³-hybridized carbons (Fsp3) is 0.316. The molecule has 2 rings (SSSR count). The Morgan fingerprint density at radius 1 is 1.04 bits per heavy atom. The van der Waals surface area contributed by atoms with E-state index in [9.17, 15) is 9.18 Å². The molecule has 4 heteroatoms. The number of benzene rings is 2. The first-order chi connectivity index (χ1) is 11.2. The van der Waals surface area contributed by atoms with Gasteiger partial charge in [0.2, 0.25) is 0 Å². The van der Waals surface area contributed by atoms with Crippen molar-refractivity contribution in [2.75, 3.05) is 13.2 Å². The first-order valence-electron chi connectivity index (χ1n) is 7.90. The monoisotopic (exact) mass is 315 g/mol. The molecule has 0 unspecified atom stereocenters. The normalized spacial score (nSPS) is 10.3. The molecular weight excluding hydrogens is 293 g/mol. The minimum atomic E-state index is -0.230. The van der Waals surface area contributed by atoms with Crippen LogP contribution in [0.4, 0.5) is 4.39 Å². The molecule has 23 heavy (non-hydrogen) atoms. The molecule has 0 aliphatic heterocycles. The lowest BCUT2D eigenvalue weighted by atomic mass is 10.1. The molecule has 3 nitrogen and oxygen atoms in total. The summed E-state index contributed by atoms with van der Waals surface area (Å²) in [6, 6.07) is 14.2. The SMILES string of the molecule is CCc1ccc(OCC(=O)NCCCc2ccc(F)cc2)cc1. The van der Waals surface area contributed by atoms with Gasteiger partial charge in [-0.3, -0.25) is 4.79 Å². The zero-order valence-corrected chi connectivity index (χ0v) is 13.3. The third-order valence-electron chi connectivity index (χ3n) is 3.58. The number of carbonyl (C=O) groups excluding carboxylic acids is 1. The third kappa shape index (κ3) is 6.10. The minimum absolute atomic E-state index is 0.0159. The van der Waals surface area contributed by atoms with Crippen LogP contribution in [0.3, 0.4) is 0 Å². The van der Waals surface area contributed by atoms with E-state index >= 15 is 0 Å². The summed E-state index contributed by atoms with van der Waals surface area (Å²) < 4.78 is 18.2. The van der Waals surface area contributed by atoms with Crippen molar-refractivity contribution >= 4 is 5.91 Å². The molecule has 0 radical (unpaired) electrons. The fourth-order valence-electron chi connectivity index (χ4n) is 2.19. The van der Waals surface area contributed by atoms with Crippen molar-refractivity contribution in [2.45, 2.75) is 26.2 Å². The Bertz CT molecular complexity index is 608. The number of aryl methyl sites for hydroxylation is 2. The van der Waals surface area contributed by atoms with Crippen molar-refractivity contribution in [3.8, 4) is 5.75 Å². The molecule has 0 atom stereocenters. The Morgan fingerprint density at radius 3 is 2.35 bits per heavy atom. The number of hydrogen-bond acceptors (Lipinski definition) is 2. The summed E-state index contributed by atoms with van der Waals surface area (Å²) in [4.78, 5) is 11.7. The van der Waals surface area contributed by atoms with Crippen molar-refractivity contribution in [3.05, 3.63) is 65.5 Å². The van der Waals surface area contributed by atoms with Crippen LogP contribution in [0.25, 0.3) is 0 Å². The summed E-state index contributed by atoms with van der Waals surface area (Å²) in [6.45, 7) is 2.69. The van der Waals surface area contributed by atoms with Gasteiger partial charge in [-0.1, -0.05) is 31.2 Å². The molecule has 2 aromatic rings. The zero-order chi connectivity index (χ0) is 16.5. The number of carbonyl (C=O) groups is 1. The molecule has 0 saturated carbocycles. The highest BCUT2D eigenvalue weighted by atomic mass is 19.1. The first kappa shape index (κ1) is 17.0. The van der Waals surface area contributed by atoms with Crippen LogP contribution in [0.15, 0.2) is 48.5 Å². The molecule has 2 aromatic carbocycles. The van der Waals surface area contributed by atoms with Crippen LogP contribution in [-0.2, 0) is 17.6 Å². The van der Waals surface area contributed by atoms with Gasteiger partial charge in [0.15, 0.2) is 6.61 Å². The van der Waals surface area contributed by atoms with E-state index < -0.39 is 0 Å². The van der Waals surface area contributed by atoms with E-state index in [0.29, 0.717) is 12.3 Å². The minimum Gasteiger partial charge on any atom is -0.484 e. The Morgan fingerprint density at radius 2 is 1.70 bits per heavy atom. The van der Waals surface area contributed by atoms with Crippen LogP contribution < -0.4 is 10.1 Å². The van der Waals surface area contributed by atoms with Crippen molar-refractivity contribution in [3.63, 3.8) is 0 Å². The van der Waals surface area contributed by atoms with Crippen LogP contribution in [0, 0.1) is 5.82 Å². The van der Waals surface area contributed by atoms with E-state index in [4.69, 9.17) is 4.74 Å². The maximum absolute atomic E-state index is 12.8. The van der Waals surface area contributed by atoms with Gasteiger partial charge in [-0.25, -0.2) is 4.39 Å². The molecule has 0 saturated heterocycles. The fourth-order valence-corrected chi connectivity index (χ4v) is 2.19. The highest BCUT2D eigenvalue weighted by molar-refractivity contribution is 5.77. The Kier molecular flexibility index (Phi) is 6.60. The molecule has 0 bridgehead atoms. The summed E-state index contributed by atoms with van der Waals surface area (Å²) in [5.41, 5.74) is 2.30. The van der Waals surface area contributed by atoms with Gasteiger partial charge >= 0.3 is 0 Å². The second-order valence-electron chi connectivity index (χ2n) is 5.37. The number of rotatable bonds is 8. The maximum Gasteiger partial charge on any atom is 0.257 e. The van der Waals surface area contributed by atoms with Crippen LogP contribution in [0.5, 0.6) is 5.75 Å². The number of ether oxygens (including phenoxy) is 1. The topological polar surface area (TPSA) is 38.3 Å². The standard InChI is InChI=1S/C19H22FNO2/c1-2-15-7-11-18(12-8-15)23-14-19(22)21-13-3-4-16-5-9-17(20)10-6-16/h5-12H,2-4,13-14H2,1H3,(H,21,22). The second-order valence-corrected chi connectivity index (χ2v) is 5.37. The van der Waals surface area contributed by atoms with E-state index in [-0.39, 0.29) is 18.3 Å². The quantitative estimate of drug-likeness (QED) is 0.757.